The zero-order valence-electron chi connectivity index (χ0n) is 11.6. The number of primary sulfonamides is 1. The van der Waals surface area contributed by atoms with Crippen molar-refractivity contribution in [3.63, 3.8) is 0 Å². The summed E-state index contributed by atoms with van der Waals surface area (Å²) in [5.41, 5.74) is 0.0263. The molecule has 0 fully saturated rings. The van der Waals surface area contributed by atoms with Crippen molar-refractivity contribution in [3.05, 3.63) is 28.0 Å². The molecule has 6 nitrogen and oxygen atoms in total. The van der Waals surface area contributed by atoms with Gasteiger partial charge in [0.15, 0.2) is 0 Å². The standard InChI is InChI=1S/C12H16BrFN2O4S/c1-3-16(4-5-20-2)12(17)8-6-11(21(15,18)19)10(14)7-9(8)13/h6-7H,3-5H2,1-2H3,(H2,15,18,19). The fraction of sp³-hybridized carbons (Fsp3) is 0.417. The van der Waals surface area contributed by atoms with Gasteiger partial charge in [-0.05, 0) is 35.0 Å². The van der Waals surface area contributed by atoms with Crippen molar-refractivity contribution < 1.29 is 22.3 Å². The van der Waals surface area contributed by atoms with Crippen LogP contribution >= 0.6 is 15.9 Å². The number of carbonyl (C=O) groups excluding carboxylic acids is 1. The van der Waals surface area contributed by atoms with Crippen molar-refractivity contribution in [2.75, 3.05) is 26.8 Å². The molecule has 1 amide bonds. The summed E-state index contributed by atoms with van der Waals surface area (Å²) in [5, 5.41) is 4.94. The molecule has 1 aromatic rings. The van der Waals surface area contributed by atoms with Crippen LogP contribution in [0.1, 0.15) is 17.3 Å². The number of nitrogens with zero attached hydrogens (tertiary/aromatic N) is 1. The fourth-order valence-electron chi connectivity index (χ4n) is 1.69. The minimum atomic E-state index is -4.25. The van der Waals surface area contributed by atoms with Crippen molar-refractivity contribution >= 4 is 31.9 Å². The van der Waals surface area contributed by atoms with Gasteiger partial charge in [0, 0.05) is 24.7 Å². The molecule has 0 aromatic heterocycles. The molecule has 0 aliphatic carbocycles. The van der Waals surface area contributed by atoms with E-state index in [9.17, 15) is 17.6 Å². The number of hydrogen-bond acceptors (Lipinski definition) is 4. The monoisotopic (exact) mass is 382 g/mol. The van der Waals surface area contributed by atoms with E-state index in [2.05, 4.69) is 15.9 Å². The molecule has 0 unspecified atom stereocenters. The Bertz CT molecular complexity index is 636. The fourth-order valence-corrected chi connectivity index (χ4v) is 2.78. The second kappa shape index (κ2) is 7.30. The molecule has 0 saturated heterocycles. The lowest BCUT2D eigenvalue weighted by Crippen LogP contribution is -2.34. The molecular formula is C12H16BrFN2O4S. The van der Waals surface area contributed by atoms with Crippen LogP contribution in [-0.4, -0.2) is 46.0 Å². The maximum absolute atomic E-state index is 13.6. The first-order valence-corrected chi connectivity index (χ1v) is 8.36. The lowest BCUT2D eigenvalue weighted by atomic mass is 10.2. The molecule has 0 aliphatic heterocycles. The second-order valence-electron chi connectivity index (χ2n) is 4.19. The Kier molecular flexibility index (Phi) is 6.26. The summed E-state index contributed by atoms with van der Waals surface area (Å²) >= 11 is 3.06. The number of halogens is 2. The van der Waals surface area contributed by atoms with Gasteiger partial charge in [0.2, 0.25) is 10.0 Å². The van der Waals surface area contributed by atoms with E-state index in [-0.39, 0.29) is 10.0 Å². The van der Waals surface area contributed by atoms with E-state index in [1.165, 1.54) is 12.0 Å². The van der Waals surface area contributed by atoms with Crippen LogP contribution in [0.4, 0.5) is 4.39 Å². The lowest BCUT2D eigenvalue weighted by molar-refractivity contribution is 0.0705. The molecule has 9 heteroatoms. The number of likely N-dealkylation sites (N-methyl/N-ethyl adjacent to an activating group) is 1. The Morgan fingerprint density at radius 2 is 2.10 bits per heavy atom. The molecule has 0 bridgehead atoms. The molecule has 1 aromatic carbocycles. The van der Waals surface area contributed by atoms with Crippen LogP contribution < -0.4 is 5.14 Å². The smallest absolute Gasteiger partial charge is 0.255 e. The average molecular weight is 383 g/mol. The number of benzene rings is 1. The molecule has 2 N–H and O–H groups in total. The number of nitrogens with two attached hydrogens (primary N) is 1. The van der Waals surface area contributed by atoms with E-state index in [0.29, 0.717) is 19.7 Å². The number of methoxy groups -OCH3 is 1. The van der Waals surface area contributed by atoms with Crippen LogP contribution in [0.5, 0.6) is 0 Å². The predicted octanol–water partition coefficient (Wildman–Crippen LogP) is 1.34. The normalized spacial score (nSPS) is 11.5. The Hall–Kier alpha value is -1.03. The molecule has 0 radical (unpaired) electrons. The largest absolute Gasteiger partial charge is 0.383 e. The van der Waals surface area contributed by atoms with Gasteiger partial charge in [-0.3, -0.25) is 4.79 Å². The molecule has 1 rings (SSSR count). The highest BCUT2D eigenvalue weighted by molar-refractivity contribution is 9.10. The van der Waals surface area contributed by atoms with Gasteiger partial charge in [0.1, 0.15) is 10.7 Å². The lowest BCUT2D eigenvalue weighted by Gasteiger charge is -2.21. The van der Waals surface area contributed by atoms with E-state index >= 15 is 0 Å². The number of hydrogen-bond donors (Lipinski definition) is 1. The average Bonchev–Trinajstić information content (AvgIpc) is 2.37. The van der Waals surface area contributed by atoms with Crippen LogP contribution in [0, 0.1) is 5.82 Å². The molecule has 21 heavy (non-hydrogen) atoms. The summed E-state index contributed by atoms with van der Waals surface area (Å²) in [6.45, 7) is 2.84. The van der Waals surface area contributed by atoms with Crippen molar-refractivity contribution in [1.29, 1.82) is 0 Å². The summed E-state index contributed by atoms with van der Waals surface area (Å²) in [7, 11) is -2.74. The van der Waals surface area contributed by atoms with Gasteiger partial charge in [-0.25, -0.2) is 17.9 Å². The zero-order chi connectivity index (χ0) is 16.2. The number of ether oxygens (including phenoxy) is 1. The number of rotatable bonds is 6. The first-order chi connectivity index (χ1) is 9.72. The third-order valence-corrected chi connectivity index (χ3v) is 4.37. The number of sulfonamides is 1. The predicted molar refractivity (Wildman–Crippen MR) is 78.9 cm³/mol. The van der Waals surface area contributed by atoms with Gasteiger partial charge in [-0.15, -0.1) is 0 Å². The van der Waals surface area contributed by atoms with Crippen LogP contribution in [0.15, 0.2) is 21.5 Å². The summed E-state index contributed by atoms with van der Waals surface area (Å²) in [5.74, 6) is -1.45. The second-order valence-corrected chi connectivity index (χ2v) is 6.57. The first kappa shape index (κ1) is 18.0. The summed E-state index contributed by atoms with van der Waals surface area (Å²) in [6.07, 6.45) is 0. The quantitative estimate of drug-likeness (QED) is 0.803. The zero-order valence-corrected chi connectivity index (χ0v) is 14.0. The highest BCUT2D eigenvalue weighted by Gasteiger charge is 2.23. The third kappa shape index (κ3) is 4.47. The van der Waals surface area contributed by atoms with Gasteiger partial charge in [0.05, 0.1) is 12.2 Å². The van der Waals surface area contributed by atoms with Crippen molar-refractivity contribution in [2.45, 2.75) is 11.8 Å². The topological polar surface area (TPSA) is 89.7 Å². The van der Waals surface area contributed by atoms with Crippen LogP contribution in [0.3, 0.4) is 0 Å². The van der Waals surface area contributed by atoms with Crippen molar-refractivity contribution in [1.82, 2.24) is 4.90 Å². The molecule has 0 spiro atoms. The summed E-state index contributed by atoms with van der Waals surface area (Å²) in [6, 6.07) is 1.85. The molecule has 118 valence electrons. The maximum atomic E-state index is 13.6. The van der Waals surface area contributed by atoms with Gasteiger partial charge >= 0.3 is 0 Å². The van der Waals surface area contributed by atoms with E-state index in [4.69, 9.17) is 9.88 Å². The van der Waals surface area contributed by atoms with Crippen molar-refractivity contribution in [2.24, 2.45) is 5.14 Å². The van der Waals surface area contributed by atoms with Crippen LogP contribution in [0.25, 0.3) is 0 Å². The van der Waals surface area contributed by atoms with Gasteiger partial charge in [-0.1, -0.05) is 0 Å². The molecule has 0 atom stereocenters. The Labute approximate surface area is 131 Å². The van der Waals surface area contributed by atoms with E-state index in [0.717, 1.165) is 12.1 Å². The van der Waals surface area contributed by atoms with Crippen LogP contribution in [-0.2, 0) is 14.8 Å². The number of amides is 1. The highest BCUT2D eigenvalue weighted by Crippen LogP contribution is 2.25. The molecule has 0 aliphatic rings. The van der Waals surface area contributed by atoms with Gasteiger partial charge in [-0.2, -0.15) is 0 Å². The molecule has 0 saturated carbocycles. The Morgan fingerprint density at radius 3 is 2.57 bits per heavy atom. The van der Waals surface area contributed by atoms with E-state index in [1.807, 2.05) is 0 Å². The SMILES string of the molecule is CCN(CCOC)C(=O)c1cc(S(N)(=O)=O)c(F)cc1Br. The van der Waals surface area contributed by atoms with E-state index < -0.39 is 26.6 Å². The first-order valence-electron chi connectivity index (χ1n) is 6.02. The minimum Gasteiger partial charge on any atom is -0.383 e. The minimum absolute atomic E-state index is 0.0263. The van der Waals surface area contributed by atoms with Crippen LogP contribution in [0.2, 0.25) is 0 Å². The van der Waals surface area contributed by atoms with Gasteiger partial charge in [0.25, 0.3) is 5.91 Å². The summed E-state index contributed by atoms with van der Waals surface area (Å²) < 4.78 is 41.4. The maximum Gasteiger partial charge on any atom is 0.255 e. The van der Waals surface area contributed by atoms with Gasteiger partial charge < -0.3 is 9.64 Å². The summed E-state index contributed by atoms with van der Waals surface area (Å²) in [4.78, 5) is 13.1. The molecule has 0 heterocycles. The van der Waals surface area contributed by atoms with E-state index in [1.54, 1.807) is 6.92 Å². The molecular weight excluding hydrogens is 367 g/mol. The van der Waals surface area contributed by atoms with Crippen molar-refractivity contribution in [3.8, 4) is 0 Å². The Balaban J connectivity index is 3.26. The highest BCUT2D eigenvalue weighted by atomic mass is 79.9. The number of carbonyl (C=O) groups is 1. The Morgan fingerprint density at radius 1 is 1.48 bits per heavy atom. The third-order valence-electron chi connectivity index (χ3n) is 2.79.